The molecular formula is C19H28N4O3S2. The molecule has 2 N–H and O–H groups in total. The van der Waals surface area contributed by atoms with Crippen LogP contribution >= 0.6 is 11.3 Å². The van der Waals surface area contributed by atoms with Crippen LogP contribution < -0.4 is 15.4 Å². The minimum atomic E-state index is -3.39. The molecule has 1 aromatic heterocycles. The largest absolute Gasteiger partial charge is 0.497 e. The van der Waals surface area contributed by atoms with Gasteiger partial charge >= 0.3 is 0 Å². The first-order valence-corrected chi connectivity index (χ1v) is 11.3. The van der Waals surface area contributed by atoms with Crippen molar-refractivity contribution in [3.05, 3.63) is 46.8 Å². The summed E-state index contributed by atoms with van der Waals surface area (Å²) in [5.74, 6) is 1.56. The Morgan fingerprint density at radius 2 is 1.86 bits per heavy atom. The van der Waals surface area contributed by atoms with E-state index in [0.29, 0.717) is 16.7 Å². The third-order valence-electron chi connectivity index (χ3n) is 3.97. The number of hydrogen-bond acceptors (Lipinski definition) is 5. The van der Waals surface area contributed by atoms with Crippen molar-refractivity contribution in [2.75, 3.05) is 34.3 Å². The summed E-state index contributed by atoms with van der Waals surface area (Å²) in [7, 11) is 1.32. The van der Waals surface area contributed by atoms with E-state index < -0.39 is 10.0 Å². The Hall–Kier alpha value is -2.10. The predicted molar refractivity (Wildman–Crippen MR) is 115 cm³/mol. The third-order valence-corrected chi connectivity index (χ3v) is 7.33. The monoisotopic (exact) mass is 424 g/mol. The molecule has 0 aliphatic heterocycles. The number of nitrogens with one attached hydrogen (secondary N) is 2. The number of sulfonamides is 1. The van der Waals surface area contributed by atoms with Crippen molar-refractivity contribution in [1.82, 2.24) is 14.9 Å². The molecule has 0 fully saturated rings. The molecule has 0 spiro atoms. The van der Waals surface area contributed by atoms with Crippen LogP contribution in [0.15, 0.2) is 45.6 Å². The molecule has 2 rings (SSSR count). The van der Waals surface area contributed by atoms with E-state index in [9.17, 15) is 8.42 Å². The van der Waals surface area contributed by atoms with Gasteiger partial charge in [-0.25, -0.2) is 17.7 Å². The lowest BCUT2D eigenvalue weighted by molar-refractivity contribution is 0.414. The van der Waals surface area contributed by atoms with Crippen molar-refractivity contribution in [1.29, 1.82) is 0 Å². The Bertz CT molecular complexity index is 875. The average molecular weight is 425 g/mol. The molecule has 0 aliphatic carbocycles. The normalized spacial score (nSPS) is 12.2. The maximum atomic E-state index is 12.2. The van der Waals surface area contributed by atoms with Gasteiger partial charge in [-0.1, -0.05) is 12.1 Å². The molecule has 1 heterocycles. The summed E-state index contributed by atoms with van der Waals surface area (Å²) >= 11 is 1.25. The number of benzene rings is 1. The highest BCUT2D eigenvalue weighted by Gasteiger charge is 2.19. The molecule has 9 heteroatoms. The van der Waals surface area contributed by atoms with Gasteiger partial charge in [0.15, 0.2) is 5.96 Å². The Morgan fingerprint density at radius 1 is 1.14 bits per heavy atom. The minimum Gasteiger partial charge on any atom is -0.497 e. The van der Waals surface area contributed by atoms with Gasteiger partial charge in [-0.15, -0.1) is 11.3 Å². The molecule has 2 aromatic rings. The van der Waals surface area contributed by atoms with E-state index in [4.69, 9.17) is 4.74 Å². The van der Waals surface area contributed by atoms with E-state index in [-0.39, 0.29) is 0 Å². The van der Waals surface area contributed by atoms with Crippen LogP contribution in [0.5, 0.6) is 5.75 Å². The van der Waals surface area contributed by atoms with Gasteiger partial charge < -0.3 is 15.4 Å². The number of guanidine groups is 1. The fourth-order valence-electron chi connectivity index (χ4n) is 2.38. The van der Waals surface area contributed by atoms with E-state index in [1.807, 2.05) is 37.3 Å². The van der Waals surface area contributed by atoms with Crippen molar-refractivity contribution >= 4 is 27.3 Å². The van der Waals surface area contributed by atoms with Gasteiger partial charge in [0.2, 0.25) is 0 Å². The molecule has 0 radical (unpaired) electrons. The van der Waals surface area contributed by atoms with Gasteiger partial charge in [-0.05, 0) is 43.2 Å². The van der Waals surface area contributed by atoms with Gasteiger partial charge in [-0.2, -0.15) is 0 Å². The highest BCUT2D eigenvalue weighted by Crippen LogP contribution is 2.24. The maximum Gasteiger partial charge on any atom is 0.252 e. The fourth-order valence-corrected chi connectivity index (χ4v) is 4.83. The highest BCUT2D eigenvalue weighted by atomic mass is 32.2. The molecule has 0 saturated carbocycles. The van der Waals surface area contributed by atoms with Crippen LogP contribution in [0.1, 0.15) is 17.4 Å². The molecule has 1 aromatic carbocycles. The summed E-state index contributed by atoms with van der Waals surface area (Å²) in [4.78, 5) is 5.46. The topological polar surface area (TPSA) is 83.0 Å². The zero-order valence-corrected chi connectivity index (χ0v) is 18.4. The molecule has 0 saturated heterocycles. The number of aliphatic imine (C=N–C) groups is 1. The molecule has 28 heavy (non-hydrogen) atoms. The number of ether oxygens (including phenoxy) is 1. The second kappa shape index (κ2) is 10.4. The lowest BCUT2D eigenvalue weighted by Crippen LogP contribution is -2.38. The number of nitrogens with zero attached hydrogens (tertiary/aromatic N) is 2. The summed E-state index contributed by atoms with van der Waals surface area (Å²) in [6, 6.07) is 11.4. The summed E-state index contributed by atoms with van der Waals surface area (Å²) < 4.78 is 31.1. The zero-order valence-electron chi connectivity index (χ0n) is 16.7. The van der Waals surface area contributed by atoms with Crippen LogP contribution in [0.25, 0.3) is 0 Å². The summed E-state index contributed by atoms with van der Waals surface area (Å²) in [6.45, 7) is 3.92. The van der Waals surface area contributed by atoms with E-state index in [1.54, 1.807) is 13.2 Å². The third kappa shape index (κ3) is 6.22. The summed E-state index contributed by atoms with van der Waals surface area (Å²) in [6.07, 6.45) is 0.860. The number of hydrogen-bond donors (Lipinski definition) is 2. The average Bonchev–Trinajstić information content (AvgIpc) is 3.16. The molecule has 0 aliphatic rings. The van der Waals surface area contributed by atoms with Gasteiger partial charge in [0.1, 0.15) is 9.96 Å². The van der Waals surface area contributed by atoms with Crippen molar-refractivity contribution < 1.29 is 13.2 Å². The van der Waals surface area contributed by atoms with Crippen molar-refractivity contribution in [3.8, 4) is 5.75 Å². The Labute approximate surface area is 171 Å². The lowest BCUT2D eigenvalue weighted by Gasteiger charge is -2.11. The van der Waals surface area contributed by atoms with Gasteiger partial charge in [0, 0.05) is 32.1 Å². The zero-order chi connectivity index (χ0) is 20.6. The van der Waals surface area contributed by atoms with Gasteiger partial charge in [0.25, 0.3) is 10.0 Å². The Kier molecular flexibility index (Phi) is 8.28. The van der Waals surface area contributed by atoms with Gasteiger partial charge in [0.05, 0.1) is 13.7 Å². The van der Waals surface area contributed by atoms with Crippen molar-refractivity contribution in [3.63, 3.8) is 0 Å². The van der Waals surface area contributed by atoms with E-state index in [1.165, 1.54) is 35.3 Å². The first kappa shape index (κ1) is 22.2. The van der Waals surface area contributed by atoms with Crippen LogP contribution in [-0.2, 0) is 23.0 Å². The van der Waals surface area contributed by atoms with Crippen LogP contribution in [0.3, 0.4) is 0 Å². The first-order chi connectivity index (χ1) is 13.4. The summed E-state index contributed by atoms with van der Waals surface area (Å²) in [5, 5.41) is 6.52. The SMILES string of the molecule is CCNC(=NCc1ccc(S(=O)(=O)N(C)C)s1)NCCc1ccc(OC)cc1. The number of thiophene rings is 1. The lowest BCUT2D eigenvalue weighted by atomic mass is 10.1. The van der Waals surface area contributed by atoms with E-state index in [0.717, 1.165) is 30.1 Å². The van der Waals surface area contributed by atoms with Crippen molar-refractivity contribution in [2.45, 2.75) is 24.1 Å². The van der Waals surface area contributed by atoms with Crippen LogP contribution in [-0.4, -0.2) is 53.0 Å². The number of rotatable bonds is 9. The van der Waals surface area contributed by atoms with E-state index >= 15 is 0 Å². The van der Waals surface area contributed by atoms with Crippen molar-refractivity contribution in [2.24, 2.45) is 4.99 Å². The first-order valence-electron chi connectivity index (χ1n) is 9.03. The van der Waals surface area contributed by atoms with Crippen LogP contribution in [0.2, 0.25) is 0 Å². The van der Waals surface area contributed by atoms with Crippen LogP contribution in [0, 0.1) is 0 Å². The quantitative estimate of drug-likeness (QED) is 0.477. The summed E-state index contributed by atoms with van der Waals surface area (Å²) in [5.41, 5.74) is 1.21. The highest BCUT2D eigenvalue weighted by molar-refractivity contribution is 7.91. The predicted octanol–water partition coefficient (Wildman–Crippen LogP) is 2.30. The molecular weight excluding hydrogens is 396 g/mol. The maximum absolute atomic E-state index is 12.2. The number of methoxy groups -OCH3 is 1. The molecule has 0 unspecified atom stereocenters. The molecule has 154 valence electrons. The smallest absolute Gasteiger partial charge is 0.252 e. The second-order valence-corrected chi connectivity index (χ2v) is 9.78. The van der Waals surface area contributed by atoms with Crippen LogP contribution in [0.4, 0.5) is 0 Å². The Morgan fingerprint density at radius 3 is 2.46 bits per heavy atom. The minimum absolute atomic E-state index is 0.333. The Balaban J connectivity index is 1.93. The fraction of sp³-hybridized carbons (Fsp3) is 0.421. The van der Waals surface area contributed by atoms with E-state index in [2.05, 4.69) is 15.6 Å². The second-order valence-electron chi connectivity index (χ2n) is 6.23. The van der Waals surface area contributed by atoms with Gasteiger partial charge in [-0.3, -0.25) is 0 Å². The standard InChI is InChI=1S/C19H28N4O3S2/c1-5-20-19(21-13-12-15-6-8-16(26-4)9-7-15)22-14-17-10-11-18(27-17)28(24,25)23(2)3/h6-11H,5,12-14H2,1-4H3,(H2,20,21,22). The molecule has 0 bridgehead atoms. The molecule has 0 amide bonds. The molecule has 7 nitrogen and oxygen atoms in total. The molecule has 0 atom stereocenters.